The predicted octanol–water partition coefficient (Wildman–Crippen LogP) is 5.41. The molecule has 1 heterocycles. The van der Waals surface area contributed by atoms with Crippen LogP contribution in [0.1, 0.15) is 58.9 Å². The summed E-state index contributed by atoms with van der Waals surface area (Å²) in [5.41, 5.74) is 0.537. The van der Waals surface area contributed by atoms with E-state index in [0.717, 1.165) is 43.2 Å². The molecule has 0 amide bonds. The molecule has 136 valence electrons. The monoisotopic (exact) mass is 348 g/mol. The minimum absolute atomic E-state index is 0.194. The van der Waals surface area contributed by atoms with E-state index in [1.54, 1.807) is 12.1 Å². The number of hydrogen-bond donors (Lipinski definition) is 0. The van der Waals surface area contributed by atoms with Crippen molar-refractivity contribution < 1.29 is 18.1 Å². The van der Waals surface area contributed by atoms with Gasteiger partial charge in [-0.25, -0.2) is 8.78 Å². The normalized spacial score (nSPS) is 25.3. The zero-order chi connectivity index (χ0) is 18.2. The largest absolute Gasteiger partial charge is 0.525 e. The maximum atomic E-state index is 14.9. The molecule has 2 fully saturated rings. The van der Waals surface area contributed by atoms with Crippen LogP contribution in [-0.2, 0) is 15.7 Å². The molecular weight excluding hydrogens is 321 g/mol. The van der Waals surface area contributed by atoms with Gasteiger partial charge in [-0.15, -0.1) is 0 Å². The van der Waals surface area contributed by atoms with E-state index < -0.39 is 18.3 Å². The van der Waals surface area contributed by atoms with Crippen LogP contribution in [0.5, 0.6) is 0 Å². The minimum atomic E-state index is -0.889. The lowest BCUT2D eigenvalue weighted by atomic mass is 9.76. The lowest BCUT2D eigenvalue weighted by Gasteiger charge is -2.32. The van der Waals surface area contributed by atoms with Crippen LogP contribution in [0.25, 0.3) is 0 Å². The maximum absolute atomic E-state index is 14.9. The molecule has 1 aromatic rings. The number of hydrogen-bond acceptors (Lipinski definition) is 2. The molecule has 0 bridgehead atoms. The van der Waals surface area contributed by atoms with Crippen LogP contribution in [0.4, 0.5) is 8.78 Å². The van der Waals surface area contributed by atoms with Gasteiger partial charge in [-0.1, -0.05) is 12.1 Å². The second-order valence-corrected chi connectivity index (χ2v) is 8.32. The zero-order valence-electron chi connectivity index (χ0n) is 15.6. The third kappa shape index (κ3) is 3.98. The summed E-state index contributed by atoms with van der Waals surface area (Å²) in [6.45, 7) is 7.73. The summed E-state index contributed by atoms with van der Waals surface area (Å²) in [4.78, 5) is 0. The zero-order valence-corrected chi connectivity index (χ0v) is 15.6. The van der Waals surface area contributed by atoms with Gasteiger partial charge in [0.05, 0.1) is 11.2 Å². The summed E-state index contributed by atoms with van der Waals surface area (Å²) >= 11 is 0. The summed E-state index contributed by atoms with van der Waals surface area (Å²) in [5, 5.41) is 0. The van der Waals surface area contributed by atoms with Gasteiger partial charge in [0.1, 0.15) is 11.5 Å². The fourth-order valence-corrected chi connectivity index (χ4v) is 3.58. The third-order valence-corrected chi connectivity index (χ3v) is 5.92. The first-order chi connectivity index (χ1) is 11.7. The van der Waals surface area contributed by atoms with Gasteiger partial charge in [-0.05, 0) is 89.0 Å². The first kappa shape index (κ1) is 18.6. The predicted molar refractivity (Wildman–Crippen MR) is 96.3 cm³/mol. The van der Waals surface area contributed by atoms with Crippen molar-refractivity contribution in [3.05, 3.63) is 46.9 Å². The molecule has 1 saturated carbocycles. The lowest BCUT2D eigenvalue weighted by Crippen LogP contribution is -2.41. The van der Waals surface area contributed by atoms with Gasteiger partial charge in [0.2, 0.25) is 0 Å². The number of rotatable bonds is 3. The molecule has 2 nitrogen and oxygen atoms in total. The quantitative estimate of drug-likeness (QED) is 0.680. The van der Waals surface area contributed by atoms with Crippen molar-refractivity contribution in [2.24, 2.45) is 5.92 Å². The number of benzene rings is 1. The van der Waals surface area contributed by atoms with Gasteiger partial charge in [0.15, 0.2) is 0 Å². The van der Waals surface area contributed by atoms with Crippen molar-refractivity contribution in [1.29, 1.82) is 0 Å². The molecule has 2 aliphatic rings. The summed E-state index contributed by atoms with van der Waals surface area (Å²) in [6.07, 6.45) is 4.12. The second-order valence-electron chi connectivity index (χ2n) is 8.32. The Hall–Kier alpha value is -1.20. The average molecular weight is 348 g/mol. The maximum Gasteiger partial charge on any atom is 0.525 e. The van der Waals surface area contributed by atoms with Crippen LogP contribution in [0.2, 0.25) is 0 Å². The highest BCUT2D eigenvalue weighted by molar-refractivity contribution is 6.53. The third-order valence-electron chi connectivity index (χ3n) is 5.92. The molecule has 1 aromatic carbocycles. The summed E-state index contributed by atoms with van der Waals surface area (Å²) < 4.78 is 39.8. The van der Waals surface area contributed by atoms with Crippen LogP contribution in [-0.4, -0.2) is 18.3 Å². The van der Waals surface area contributed by atoms with Crippen LogP contribution in [0, 0.1) is 11.7 Å². The van der Waals surface area contributed by atoms with Gasteiger partial charge < -0.3 is 9.31 Å². The van der Waals surface area contributed by atoms with Gasteiger partial charge in [-0.3, -0.25) is 0 Å². The molecule has 0 spiro atoms. The van der Waals surface area contributed by atoms with E-state index in [4.69, 9.17) is 9.31 Å². The van der Waals surface area contributed by atoms with Gasteiger partial charge in [0, 0.05) is 0 Å². The lowest BCUT2D eigenvalue weighted by molar-refractivity contribution is 0.00578. The smallest absolute Gasteiger partial charge is 0.398 e. The van der Waals surface area contributed by atoms with Crippen molar-refractivity contribution in [2.75, 3.05) is 0 Å². The van der Waals surface area contributed by atoms with Crippen molar-refractivity contribution in [3.8, 4) is 0 Å². The molecular formula is C20H27BF2O2. The van der Waals surface area contributed by atoms with Gasteiger partial charge in [0.25, 0.3) is 0 Å². The van der Waals surface area contributed by atoms with Crippen LogP contribution < -0.4 is 0 Å². The van der Waals surface area contributed by atoms with E-state index in [0.29, 0.717) is 5.92 Å². The Balaban J connectivity index is 1.61. The molecule has 1 aliphatic heterocycles. The Morgan fingerprint density at radius 2 is 1.72 bits per heavy atom. The van der Waals surface area contributed by atoms with E-state index in [9.17, 15) is 8.78 Å². The molecule has 0 atom stereocenters. The van der Waals surface area contributed by atoms with Gasteiger partial charge in [-0.2, -0.15) is 0 Å². The Labute approximate surface area is 149 Å². The minimum Gasteiger partial charge on any atom is -0.398 e. The molecule has 5 heteroatoms. The molecule has 25 heavy (non-hydrogen) atoms. The first-order valence-electron chi connectivity index (χ1n) is 9.15. The van der Waals surface area contributed by atoms with Crippen LogP contribution >= 0.6 is 0 Å². The first-order valence-corrected chi connectivity index (χ1v) is 9.15. The average Bonchev–Trinajstić information content (AvgIpc) is 2.75. The van der Waals surface area contributed by atoms with Crippen molar-refractivity contribution >= 4 is 7.12 Å². The van der Waals surface area contributed by atoms with E-state index in [-0.39, 0.29) is 11.5 Å². The summed E-state index contributed by atoms with van der Waals surface area (Å²) in [6, 6.07) is 6.76. The molecule has 0 N–H and O–H groups in total. The summed E-state index contributed by atoms with van der Waals surface area (Å²) in [7, 11) is -0.889. The highest BCUT2D eigenvalue weighted by atomic mass is 19.1. The molecule has 0 radical (unpaired) electrons. The molecule has 1 aliphatic carbocycles. The summed E-state index contributed by atoms with van der Waals surface area (Å²) in [5.74, 6) is 0.275. The van der Waals surface area contributed by atoms with Crippen molar-refractivity contribution in [1.82, 2.24) is 0 Å². The van der Waals surface area contributed by atoms with E-state index >= 15 is 0 Å². The Bertz CT molecular complexity index is 643. The number of halogens is 2. The highest BCUT2D eigenvalue weighted by Crippen LogP contribution is 2.41. The topological polar surface area (TPSA) is 18.5 Å². The fourth-order valence-electron chi connectivity index (χ4n) is 3.58. The van der Waals surface area contributed by atoms with Crippen molar-refractivity contribution in [2.45, 2.75) is 71.0 Å². The fraction of sp³-hybridized carbons (Fsp3) is 0.600. The molecule has 3 rings (SSSR count). The highest BCUT2D eigenvalue weighted by Gasteiger charge is 2.53. The SMILES string of the molecule is CC1(C)OB(C(F)=C2CCC(Cc3cccc(F)c3)CC2)OC1(C)C. The standard InChI is InChI=1S/C20H27BF2O2/c1-19(2)20(3,4)25-21(24-19)18(23)16-10-8-14(9-11-16)12-15-6-5-7-17(22)13-15/h5-7,13-14H,8-12H2,1-4H3. The Morgan fingerprint density at radius 3 is 2.28 bits per heavy atom. The molecule has 1 saturated heterocycles. The Kier molecular flexibility index (Phi) is 5.09. The van der Waals surface area contributed by atoms with E-state index in [1.807, 2.05) is 33.8 Å². The molecule has 0 unspecified atom stereocenters. The van der Waals surface area contributed by atoms with Crippen LogP contribution in [0.15, 0.2) is 35.6 Å². The number of allylic oxidation sites excluding steroid dienone is 1. The second kappa shape index (κ2) is 6.84. The van der Waals surface area contributed by atoms with E-state index in [1.165, 1.54) is 6.07 Å². The van der Waals surface area contributed by atoms with E-state index in [2.05, 4.69) is 0 Å². The molecule has 0 aromatic heterocycles. The van der Waals surface area contributed by atoms with Crippen LogP contribution in [0.3, 0.4) is 0 Å². The van der Waals surface area contributed by atoms with Gasteiger partial charge >= 0.3 is 7.12 Å². The van der Waals surface area contributed by atoms with Crippen molar-refractivity contribution in [3.63, 3.8) is 0 Å². The Morgan fingerprint density at radius 1 is 1.12 bits per heavy atom.